The summed E-state index contributed by atoms with van der Waals surface area (Å²) in [5, 5.41) is 0. The van der Waals surface area contributed by atoms with Crippen LogP contribution in [0.25, 0.3) is 0 Å². The Morgan fingerprint density at radius 1 is 1.00 bits per heavy atom. The molecule has 1 amide bonds. The molecule has 0 N–H and O–H groups in total. The number of rotatable bonds is 7. The lowest BCUT2D eigenvalue weighted by molar-refractivity contribution is -0.140. The minimum atomic E-state index is -4.46. The first kappa shape index (κ1) is 19.6. The highest BCUT2D eigenvalue weighted by molar-refractivity contribution is 5.77. The first-order valence-electron chi connectivity index (χ1n) is 8.06. The summed E-state index contributed by atoms with van der Waals surface area (Å²) in [5.41, 5.74) is -0.715. The first-order chi connectivity index (χ1) is 12.3. The van der Waals surface area contributed by atoms with Crippen molar-refractivity contribution in [3.05, 3.63) is 59.7 Å². The van der Waals surface area contributed by atoms with Gasteiger partial charge in [0.15, 0.2) is 18.1 Å². The second kappa shape index (κ2) is 8.60. The predicted molar refractivity (Wildman–Crippen MR) is 91.0 cm³/mol. The van der Waals surface area contributed by atoms with Gasteiger partial charge in [0.2, 0.25) is 0 Å². The van der Waals surface area contributed by atoms with Crippen LogP contribution in [0, 0.1) is 0 Å². The average Bonchev–Trinajstić information content (AvgIpc) is 2.60. The number of alkyl halides is 3. The van der Waals surface area contributed by atoms with E-state index in [-0.39, 0.29) is 18.7 Å². The fourth-order valence-corrected chi connectivity index (χ4v) is 2.37. The topological polar surface area (TPSA) is 38.8 Å². The molecule has 2 rings (SSSR count). The summed E-state index contributed by atoms with van der Waals surface area (Å²) >= 11 is 0. The van der Waals surface area contributed by atoms with Crippen LogP contribution in [0.15, 0.2) is 48.5 Å². The standard InChI is InChI=1S/C19H20F3NO3/c1-3-25-16-10-6-7-11-17(16)26-13-18(24)23(2)12-14-8-4-5-9-15(14)19(20,21)22/h4-11H,3,12-13H2,1-2H3. The van der Waals surface area contributed by atoms with Crippen molar-refractivity contribution >= 4 is 5.91 Å². The Balaban J connectivity index is 2.01. The molecule has 0 saturated carbocycles. The van der Waals surface area contributed by atoms with E-state index in [1.807, 2.05) is 6.92 Å². The number of carbonyl (C=O) groups excluding carboxylic acids is 1. The fraction of sp³-hybridized carbons (Fsp3) is 0.316. The third-order valence-electron chi connectivity index (χ3n) is 3.66. The number of likely N-dealkylation sites (N-methyl/N-ethyl adjacent to an activating group) is 1. The van der Waals surface area contributed by atoms with Crippen LogP contribution in [-0.4, -0.2) is 31.1 Å². The Hall–Kier alpha value is -2.70. The van der Waals surface area contributed by atoms with Crippen LogP contribution in [0.5, 0.6) is 11.5 Å². The van der Waals surface area contributed by atoms with Crippen molar-refractivity contribution in [2.45, 2.75) is 19.6 Å². The van der Waals surface area contributed by atoms with E-state index in [4.69, 9.17) is 9.47 Å². The largest absolute Gasteiger partial charge is 0.490 e. The van der Waals surface area contributed by atoms with Gasteiger partial charge in [-0.3, -0.25) is 4.79 Å². The minimum Gasteiger partial charge on any atom is -0.490 e. The number of benzene rings is 2. The molecule has 140 valence electrons. The molecule has 0 unspecified atom stereocenters. The SMILES string of the molecule is CCOc1ccccc1OCC(=O)N(C)Cc1ccccc1C(F)(F)F. The summed E-state index contributed by atoms with van der Waals surface area (Å²) < 4.78 is 50.0. The van der Waals surface area contributed by atoms with Crippen LogP contribution < -0.4 is 9.47 Å². The molecular formula is C19H20F3NO3. The number of nitrogens with zero attached hydrogens (tertiary/aromatic N) is 1. The molecule has 0 bridgehead atoms. The number of hydrogen-bond acceptors (Lipinski definition) is 3. The second-order valence-electron chi connectivity index (χ2n) is 5.57. The highest BCUT2D eigenvalue weighted by atomic mass is 19.4. The summed E-state index contributed by atoms with van der Waals surface area (Å²) in [7, 11) is 1.44. The summed E-state index contributed by atoms with van der Waals surface area (Å²) in [6.45, 7) is 1.82. The third-order valence-corrected chi connectivity index (χ3v) is 3.66. The van der Waals surface area contributed by atoms with Crippen LogP contribution in [0.3, 0.4) is 0 Å². The van der Waals surface area contributed by atoms with Gasteiger partial charge in [0.1, 0.15) is 0 Å². The Bertz CT molecular complexity index is 747. The van der Waals surface area contributed by atoms with Crippen molar-refractivity contribution < 1.29 is 27.4 Å². The van der Waals surface area contributed by atoms with E-state index >= 15 is 0 Å². The molecule has 0 aliphatic carbocycles. The van der Waals surface area contributed by atoms with Crippen molar-refractivity contribution in [3.63, 3.8) is 0 Å². The number of halogens is 3. The van der Waals surface area contributed by atoms with E-state index in [0.29, 0.717) is 18.1 Å². The second-order valence-corrected chi connectivity index (χ2v) is 5.57. The summed E-state index contributed by atoms with van der Waals surface area (Å²) in [6.07, 6.45) is -4.46. The maximum atomic E-state index is 13.0. The van der Waals surface area contributed by atoms with Gasteiger partial charge in [0, 0.05) is 13.6 Å². The van der Waals surface area contributed by atoms with Gasteiger partial charge in [-0.25, -0.2) is 0 Å². The molecule has 26 heavy (non-hydrogen) atoms. The molecule has 0 heterocycles. The van der Waals surface area contributed by atoms with Gasteiger partial charge in [-0.1, -0.05) is 30.3 Å². The van der Waals surface area contributed by atoms with Crippen molar-refractivity contribution in [3.8, 4) is 11.5 Å². The van der Waals surface area contributed by atoms with E-state index in [2.05, 4.69) is 0 Å². The maximum absolute atomic E-state index is 13.0. The molecule has 2 aromatic carbocycles. The number of hydrogen-bond donors (Lipinski definition) is 0. The quantitative estimate of drug-likeness (QED) is 0.738. The van der Waals surface area contributed by atoms with Gasteiger partial charge in [-0.05, 0) is 30.7 Å². The van der Waals surface area contributed by atoms with Gasteiger partial charge in [-0.15, -0.1) is 0 Å². The Kier molecular flexibility index (Phi) is 6.49. The summed E-state index contributed by atoms with van der Waals surface area (Å²) in [4.78, 5) is 13.4. The molecule has 0 fully saturated rings. The lowest BCUT2D eigenvalue weighted by atomic mass is 10.1. The molecule has 0 aromatic heterocycles. The average molecular weight is 367 g/mol. The van der Waals surface area contributed by atoms with Gasteiger partial charge in [0.25, 0.3) is 5.91 Å². The molecule has 0 spiro atoms. The lowest BCUT2D eigenvalue weighted by Gasteiger charge is -2.20. The van der Waals surface area contributed by atoms with Crippen molar-refractivity contribution in [1.29, 1.82) is 0 Å². The maximum Gasteiger partial charge on any atom is 0.416 e. The van der Waals surface area contributed by atoms with Gasteiger partial charge in [-0.2, -0.15) is 13.2 Å². The van der Waals surface area contributed by atoms with Gasteiger partial charge in [0.05, 0.1) is 12.2 Å². The molecule has 2 aromatic rings. The van der Waals surface area contributed by atoms with Gasteiger partial charge < -0.3 is 14.4 Å². The first-order valence-corrected chi connectivity index (χ1v) is 8.06. The Labute approximate surface area is 150 Å². The molecule has 0 aliphatic heterocycles. The zero-order chi connectivity index (χ0) is 19.2. The number of amides is 1. The predicted octanol–water partition coefficient (Wildman–Crippen LogP) is 4.14. The third kappa shape index (κ3) is 5.15. The van der Waals surface area contributed by atoms with Crippen LogP contribution in [0.1, 0.15) is 18.1 Å². The van der Waals surface area contributed by atoms with E-state index in [9.17, 15) is 18.0 Å². The zero-order valence-electron chi connectivity index (χ0n) is 14.5. The van der Waals surface area contributed by atoms with Crippen molar-refractivity contribution in [2.24, 2.45) is 0 Å². The summed E-state index contributed by atoms with van der Waals surface area (Å²) in [5.74, 6) is 0.480. The monoisotopic (exact) mass is 367 g/mol. The van der Waals surface area contributed by atoms with Crippen LogP contribution in [-0.2, 0) is 17.5 Å². The number of para-hydroxylation sites is 2. The van der Waals surface area contributed by atoms with Crippen molar-refractivity contribution in [2.75, 3.05) is 20.3 Å². The number of ether oxygens (including phenoxy) is 2. The number of carbonyl (C=O) groups is 1. The van der Waals surface area contributed by atoms with Crippen LogP contribution in [0.2, 0.25) is 0 Å². The minimum absolute atomic E-state index is 0.0329. The smallest absolute Gasteiger partial charge is 0.416 e. The van der Waals surface area contributed by atoms with Crippen molar-refractivity contribution in [1.82, 2.24) is 4.90 Å². The van der Waals surface area contributed by atoms with E-state index in [0.717, 1.165) is 6.07 Å². The molecule has 4 nitrogen and oxygen atoms in total. The van der Waals surface area contributed by atoms with E-state index in [1.54, 1.807) is 24.3 Å². The van der Waals surface area contributed by atoms with Crippen LogP contribution in [0.4, 0.5) is 13.2 Å². The van der Waals surface area contributed by atoms with E-state index < -0.39 is 17.6 Å². The molecular weight excluding hydrogens is 347 g/mol. The Morgan fingerprint density at radius 3 is 2.19 bits per heavy atom. The molecule has 0 radical (unpaired) electrons. The van der Waals surface area contributed by atoms with E-state index in [1.165, 1.54) is 30.1 Å². The molecule has 0 aliphatic rings. The normalized spacial score (nSPS) is 11.1. The summed E-state index contributed by atoms with van der Waals surface area (Å²) in [6, 6.07) is 12.1. The molecule has 0 saturated heterocycles. The highest BCUT2D eigenvalue weighted by Crippen LogP contribution is 2.32. The zero-order valence-corrected chi connectivity index (χ0v) is 14.5. The lowest BCUT2D eigenvalue weighted by Crippen LogP contribution is -2.31. The van der Waals surface area contributed by atoms with Gasteiger partial charge >= 0.3 is 6.18 Å². The fourth-order valence-electron chi connectivity index (χ4n) is 2.37. The highest BCUT2D eigenvalue weighted by Gasteiger charge is 2.33. The molecule has 7 heteroatoms. The Morgan fingerprint density at radius 2 is 1.58 bits per heavy atom. The molecule has 0 atom stereocenters. The van der Waals surface area contributed by atoms with Crippen LogP contribution >= 0.6 is 0 Å².